The highest BCUT2D eigenvalue weighted by Crippen LogP contribution is 2.35. The van der Waals surface area contributed by atoms with E-state index in [1.807, 2.05) is 0 Å². The fourth-order valence-corrected chi connectivity index (χ4v) is 4.84. The first-order valence-electron chi connectivity index (χ1n) is 10.0. The van der Waals surface area contributed by atoms with E-state index >= 15 is 0 Å². The normalized spacial score (nSPS) is 13.5. The molecule has 0 unspecified atom stereocenters. The largest absolute Gasteiger partial charge is 0.434 e. The van der Waals surface area contributed by atoms with Gasteiger partial charge in [-0.1, -0.05) is 24.6 Å². The maximum absolute atomic E-state index is 14.8. The molecule has 0 aliphatic rings. The van der Waals surface area contributed by atoms with Gasteiger partial charge >= 0.3 is 5.76 Å². The van der Waals surface area contributed by atoms with Crippen molar-refractivity contribution >= 4 is 27.5 Å². The molecule has 13 heteroatoms. The number of pyridine rings is 1. The molecule has 0 saturated heterocycles. The summed E-state index contributed by atoms with van der Waals surface area (Å²) in [6.07, 6.45) is 0. The number of H-pyrrole nitrogens is 1. The molecule has 0 aliphatic heterocycles. The quantitative estimate of drug-likeness (QED) is 0.497. The van der Waals surface area contributed by atoms with E-state index < -0.39 is 44.5 Å². The van der Waals surface area contributed by atoms with E-state index in [1.165, 1.54) is 31.1 Å². The van der Waals surface area contributed by atoms with E-state index in [-0.39, 0.29) is 22.2 Å². The number of benzene rings is 1. The van der Waals surface area contributed by atoms with Crippen LogP contribution in [0.2, 0.25) is 5.02 Å². The van der Waals surface area contributed by atoms with Crippen LogP contribution in [-0.2, 0) is 10.0 Å². The van der Waals surface area contributed by atoms with Gasteiger partial charge in [0.15, 0.2) is 5.03 Å². The zero-order valence-electron chi connectivity index (χ0n) is 19.0. The third-order valence-electron chi connectivity index (χ3n) is 5.40. The van der Waals surface area contributed by atoms with Crippen molar-refractivity contribution in [2.45, 2.75) is 37.8 Å². The van der Waals surface area contributed by atoms with Crippen molar-refractivity contribution in [2.75, 3.05) is 14.1 Å². The van der Waals surface area contributed by atoms with Gasteiger partial charge in [0.1, 0.15) is 17.6 Å². The molecule has 34 heavy (non-hydrogen) atoms. The molecule has 2 heterocycles. The van der Waals surface area contributed by atoms with E-state index in [4.69, 9.17) is 16.0 Å². The molecule has 0 radical (unpaired) electrons. The van der Waals surface area contributed by atoms with Crippen LogP contribution in [-0.4, -0.2) is 48.5 Å². The number of aromatic amines is 1. The second-order valence-corrected chi connectivity index (χ2v) is 9.99. The number of nitrogens with one attached hydrogen (secondary N) is 2. The zero-order chi connectivity index (χ0) is 25.4. The highest BCUT2D eigenvalue weighted by Gasteiger charge is 2.34. The molecule has 0 aliphatic carbocycles. The first-order valence-corrected chi connectivity index (χ1v) is 11.9. The fraction of sp³-hybridized carbons (Fsp3) is 0.333. The Morgan fingerprint density at radius 3 is 2.50 bits per heavy atom. The van der Waals surface area contributed by atoms with Crippen LogP contribution < -0.4 is 10.5 Å². The van der Waals surface area contributed by atoms with Crippen LogP contribution in [0.5, 0.6) is 0 Å². The Morgan fingerprint density at radius 2 is 1.91 bits per heavy atom. The van der Waals surface area contributed by atoms with Crippen LogP contribution in [0.15, 0.2) is 38.5 Å². The van der Waals surface area contributed by atoms with Gasteiger partial charge in [-0.2, -0.15) is 4.72 Å². The van der Waals surface area contributed by atoms with Gasteiger partial charge in [-0.05, 0) is 48.7 Å². The minimum atomic E-state index is -4.41. The molecule has 1 aromatic carbocycles. The van der Waals surface area contributed by atoms with Crippen molar-refractivity contribution in [3.63, 3.8) is 0 Å². The smallest absolute Gasteiger partial charge is 0.391 e. The number of amides is 1. The van der Waals surface area contributed by atoms with Crippen molar-refractivity contribution in [3.8, 4) is 0 Å². The van der Waals surface area contributed by atoms with E-state index in [0.717, 1.165) is 11.6 Å². The standard InChI is InChI=1S/C21H23ClFN5O5S/c1-10-6-8-14(23)16(11(10)2)12(3)17(19-25-26-21(30)33-19)27-34(31,32)15-9-7-13(22)18(24-15)20(29)28(4)5/h6-9,12,17,27H,1-5H3,(H,26,30)/t12-,17-/m1/s1. The van der Waals surface area contributed by atoms with Crippen LogP contribution in [0.4, 0.5) is 4.39 Å². The summed E-state index contributed by atoms with van der Waals surface area (Å²) < 4.78 is 48.7. The Hall–Kier alpha value is -3.09. The molecule has 3 rings (SSSR count). The van der Waals surface area contributed by atoms with Crippen molar-refractivity contribution in [3.05, 3.63) is 73.9 Å². The van der Waals surface area contributed by atoms with Gasteiger partial charge in [0.25, 0.3) is 15.9 Å². The first-order chi connectivity index (χ1) is 15.8. The summed E-state index contributed by atoms with van der Waals surface area (Å²) in [5.41, 5.74) is 1.37. The van der Waals surface area contributed by atoms with Gasteiger partial charge in [0.2, 0.25) is 5.89 Å². The zero-order valence-corrected chi connectivity index (χ0v) is 20.6. The Bertz CT molecular complexity index is 1400. The predicted molar refractivity (Wildman–Crippen MR) is 122 cm³/mol. The SMILES string of the molecule is Cc1ccc(F)c([C@@H](C)[C@@H](NS(=O)(=O)c2ccc(Cl)c(C(=O)N(C)C)n2)c2n[nH]c(=O)o2)c1C. The van der Waals surface area contributed by atoms with Crippen molar-refractivity contribution in [1.29, 1.82) is 0 Å². The lowest BCUT2D eigenvalue weighted by atomic mass is 9.88. The molecule has 3 aromatic rings. The van der Waals surface area contributed by atoms with Gasteiger partial charge in [0.05, 0.1) is 5.02 Å². The maximum atomic E-state index is 14.8. The Balaban J connectivity index is 2.10. The summed E-state index contributed by atoms with van der Waals surface area (Å²) in [4.78, 5) is 29.1. The van der Waals surface area contributed by atoms with Gasteiger partial charge in [-0.15, -0.1) is 5.10 Å². The topological polar surface area (TPSA) is 138 Å². The lowest BCUT2D eigenvalue weighted by Gasteiger charge is -2.25. The summed E-state index contributed by atoms with van der Waals surface area (Å²) >= 11 is 6.04. The van der Waals surface area contributed by atoms with E-state index in [1.54, 1.807) is 26.8 Å². The number of aryl methyl sites for hydroxylation is 1. The van der Waals surface area contributed by atoms with E-state index in [2.05, 4.69) is 19.9 Å². The molecule has 1 amide bonds. The fourth-order valence-electron chi connectivity index (χ4n) is 3.43. The van der Waals surface area contributed by atoms with Crippen LogP contribution in [0, 0.1) is 19.7 Å². The third kappa shape index (κ3) is 5.03. The highest BCUT2D eigenvalue weighted by molar-refractivity contribution is 7.89. The summed E-state index contributed by atoms with van der Waals surface area (Å²) in [6.45, 7) is 5.07. The van der Waals surface area contributed by atoms with Gasteiger partial charge < -0.3 is 9.32 Å². The Morgan fingerprint density at radius 1 is 1.24 bits per heavy atom. The van der Waals surface area contributed by atoms with Crippen molar-refractivity contribution in [2.24, 2.45) is 0 Å². The molecule has 182 valence electrons. The number of nitrogens with zero attached hydrogens (tertiary/aromatic N) is 3. The van der Waals surface area contributed by atoms with Crippen molar-refractivity contribution in [1.82, 2.24) is 24.8 Å². The van der Waals surface area contributed by atoms with Crippen LogP contribution in [0.25, 0.3) is 0 Å². The molecule has 10 nitrogen and oxygen atoms in total. The first kappa shape index (κ1) is 25.5. The monoisotopic (exact) mass is 511 g/mol. The minimum absolute atomic E-state index is 0.0293. The Labute approximate surface area is 200 Å². The van der Waals surface area contributed by atoms with E-state index in [9.17, 15) is 22.4 Å². The molecule has 2 N–H and O–H groups in total. The maximum Gasteiger partial charge on any atom is 0.434 e. The lowest BCUT2D eigenvalue weighted by Crippen LogP contribution is -2.34. The minimum Gasteiger partial charge on any atom is -0.391 e. The number of hydrogen-bond donors (Lipinski definition) is 2. The summed E-state index contributed by atoms with van der Waals surface area (Å²) in [7, 11) is -1.48. The second-order valence-electron chi connectivity index (χ2n) is 7.92. The molecule has 0 bridgehead atoms. The van der Waals surface area contributed by atoms with Crippen LogP contribution in [0.3, 0.4) is 0 Å². The molecule has 2 aromatic heterocycles. The average Bonchev–Trinajstić information content (AvgIpc) is 3.20. The lowest BCUT2D eigenvalue weighted by molar-refractivity contribution is 0.0821. The molecule has 2 atom stereocenters. The third-order valence-corrected chi connectivity index (χ3v) is 7.04. The van der Waals surface area contributed by atoms with Crippen LogP contribution in [0.1, 0.15) is 52.0 Å². The second kappa shape index (κ2) is 9.65. The molecular formula is C21H23ClFN5O5S. The van der Waals surface area contributed by atoms with Gasteiger partial charge in [0, 0.05) is 20.0 Å². The van der Waals surface area contributed by atoms with Crippen LogP contribution >= 0.6 is 11.6 Å². The number of rotatable bonds is 7. The molecule has 0 spiro atoms. The molecular weight excluding hydrogens is 489 g/mol. The Kier molecular flexibility index (Phi) is 7.24. The number of carbonyl (C=O) groups is 1. The van der Waals surface area contributed by atoms with Gasteiger partial charge in [-0.3, -0.25) is 4.79 Å². The average molecular weight is 512 g/mol. The van der Waals surface area contributed by atoms with Crippen molar-refractivity contribution < 1.29 is 22.0 Å². The van der Waals surface area contributed by atoms with E-state index in [0.29, 0.717) is 5.56 Å². The number of hydrogen-bond acceptors (Lipinski definition) is 7. The summed E-state index contributed by atoms with van der Waals surface area (Å²) in [5, 5.41) is 5.30. The number of carbonyl (C=O) groups excluding carboxylic acids is 1. The summed E-state index contributed by atoms with van der Waals surface area (Å²) in [6, 6.07) is 3.95. The van der Waals surface area contributed by atoms with Gasteiger partial charge in [-0.25, -0.2) is 27.7 Å². The highest BCUT2D eigenvalue weighted by atomic mass is 35.5. The predicted octanol–water partition coefficient (Wildman–Crippen LogP) is 2.69. The molecule has 0 saturated carbocycles. The summed E-state index contributed by atoms with van der Waals surface area (Å²) in [5.74, 6) is -3.20. The number of aromatic nitrogens is 3. The number of halogens is 2. The molecule has 0 fully saturated rings. The number of sulfonamides is 1.